The van der Waals surface area contributed by atoms with Gasteiger partial charge >= 0.3 is 0 Å². The van der Waals surface area contributed by atoms with E-state index in [0.717, 1.165) is 5.69 Å². The van der Waals surface area contributed by atoms with E-state index in [2.05, 4.69) is 39.8 Å². The van der Waals surface area contributed by atoms with Crippen LogP contribution in [0, 0.1) is 6.92 Å². The maximum absolute atomic E-state index is 5.99. The fourth-order valence-corrected chi connectivity index (χ4v) is 2.74. The van der Waals surface area contributed by atoms with E-state index in [-0.39, 0.29) is 0 Å². The van der Waals surface area contributed by atoms with Crippen LogP contribution in [0.15, 0.2) is 48.8 Å². The predicted molar refractivity (Wildman–Crippen MR) is 107 cm³/mol. The molecule has 3 aromatic rings. The second kappa shape index (κ2) is 7.82. The molecule has 3 rings (SSSR count). The summed E-state index contributed by atoms with van der Waals surface area (Å²) in [6.07, 6.45) is 1.66. The Hall–Kier alpha value is -2.15. The highest BCUT2D eigenvalue weighted by Crippen LogP contribution is 2.25. The van der Waals surface area contributed by atoms with Crippen LogP contribution < -0.4 is 10.6 Å². The molecule has 0 aliphatic rings. The van der Waals surface area contributed by atoms with Crippen molar-refractivity contribution in [3.05, 3.63) is 70.0 Å². The molecular formula is C17H15Cl2N5S. The first-order chi connectivity index (χ1) is 12.0. The second-order valence-electron chi connectivity index (χ2n) is 5.40. The van der Waals surface area contributed by atoms with Crippen LogP contribution in [0.3, 0.4) is 0 Å². The fraction of sp³-hybridized carbons (Fsp3) is 0.118. The summed E-state index contributed by atoms with van der Waals surface area (Å²) in [5, 5.41) is 11.7. The number of rotatable bonds is 4. The third-order valence-electron chi connectivity index (χ3n) is 3.53. The quantitative estimate of drug-likeness (QED) is 0.628. The van der Waals surface area contributed by atoms with Gasteiger partial charge in [-0.1, -0.05) is 47.5 Å². The minimum atomic E-state index is 0.368. The Balaban J connectivity index is 1.61. The largest absolute Gasteiger partial charge is 0.332 e. The smallest absolute Gasteiger partial charge is 0.248 e. The minimum Gasteiger partial charge on any atom is -0.332 e. The van der Waals surface area contributed by atoms with Gasteiger partial charge in [0.05, 0.1) is 16.6 Å². The Bertz CT molecular complexity index is 910. The molecule has 1 aromatic heterocycles. The summed E-state index contributed by atoms with van der Waals surface area (Å²) in [7, 11) is 0. The first-order valence-electron chi connectivity index (χ1n) is 7.48. The third kappa shape index (κ3) is 4.69. The molecule has 2 N–H and O–H groups in total. The molecule has 25 heavy (non-hydrogen) atoms. The Morgan fingerprint density at radius 2 is 1.92 bits per heavy atom. The van der Waals surface area contributed by atoms with Crippen molar-refractivity contribution in [1.82, 2.24) is 14.8 Å². The van der Waals surface area contributed by atoms with E-state index in [4.69, 9.17) is 35.4 Å². The Kier molecular flexibility index (Phi) is 5.53. The standard InChI is InChI=1S/C17H15Cl2N5S/c1-11-4-2-3-5-12(11)9-24-10-20-16(23-24)22-17(25)21-13-6-7-14(18)15(19)8-13/h2-8,10H,9H2,1H3,(H2,21,22,23,25). The SMILES string of the molecule is Cc1ccccc1Cn1cnc(NC(=S)Nc2ccc(Cl)c(Cl)c2)n1. The number of benzene rings is 2. The molecule has 0 saturated heterocycles. The van der Waals surface area contributed by atoms with Gasteiger partial charge in [0.15, 0.2) is 5.11 Å². The van der Waals surface area contributed by atoms with E-state index >= 15 is 0 Å². The molecule has 1 heterocycles. The van der Waals surface area contributed by atoms with Crippen molar-refractivity contribution in [2.45, 2.75) is 13.5 Å². The molecular weight excluding hydrogens is 377 g/mol. The highest BCUT2D eigenvalue weighted by molar-refractivity contribution is 7.80. The van der Waals surface area contributed by atoms with Gasteiger partial charge in [-0.15, -0.1) is 5.10 Å². The number of thiocarbonyl (C=S) groups is 1. The Morgan fingerprint density at radius 1 is 1.12 bits per heavy atom. The van der Waals surface area contributed by atoms with E-state index in [1.165, 1.54) is 11.1 Å². The maximum Gasteiger partial charge on any atom is 0.248 e. The molecule has 0 spiro atoms. The third-order valence-corrected chi connectivity index (χ3v) is 4.48. The monoisotopic (exact) mass is 391 g/mol. The van der Waals surface area contributed by atoms with Gasteiger partial charge in [-0.3, -0.25) is 5.32 Å². The number of nitrogens with one attached hydrogen (secondary N) is 2. The van der Waals surface area contributed by atoms with E-state index < -0.39 is 0 Å². The predicted octanol–water partition coefficient (Wildman–Crippen LogP) is 4.75. The molecule has 0 amide bonds. The molecule has 2 aromatic carbocycles. The summed E-state index contributed by atoms with van der Waals surface area (Å²) >= 11 is 17.1. The highest BCUT2D eigenvalue weighted by atomic mass is 35.5. The highest BCUT2D eigenvalue weighted by Gasteiger charge is 2.06. The van der Waals surface area contributed by atoms with Crippen LogP contribution in [0.25, 0.3) is 0 Å². The topological polar surface area (TPSA) is 54.8 Å². The number of anilines is 2. The van der Waals surface area contributed by atoms with Crippen LogP contribution in [-0.2, 0) is 6.54 Å². The first-order valence-corrected chi connectivity index (χ1v) is 8.65. The van der Waals surface area contributed by atoms with Crippen molar-refractivity contribution in [2.75, 3.05) is 10.6 Å². The minimum absolute atomic E-state index is 0.368. The summed E-state index contributed by atoms with van der Waals surface area (Å²) in [6.45, 7) is 2.72. The maximum atomic E-state index is 5.99. The summed E-state index contributed by atoms with van der Waals surface area (Å²) in [5.41, 5.74) is 3.13. The van der Waals surface area contributed by atoms with Gasteiger partial charge in [0.25, 0.3) is 0 Å². The number of nitrogens with zero attached hydrogens (tertiary/aromatic N) is 3. The fourth-order valence-electron chi connectivity index (χ4n) is 2.23. The van der Waals surface area contributed by atoms with Gasteiger partial charge in [-0.2, -0.15) is 0 Å². The van der Waals surface area contributed by atoms with E-state index in [1.807, 2.05) is 12.1 Å². The zero-order valence-corrected chi connectivity index (χ0v) is 15.7. The lowest BCUT2D eigenvalue weighted by atomic mass is 10.1. The number of hydrogen-bond acceptors (Lipinski definition) is 3. The van der Waals surface area contributed by atoms with E-state index in [9.17, 15) is 0 Å². The van der Waals surface area contributed by atoms with Crippen LogP contribution in [0.4, 0.5) is 11.6 Å². The molecule has 0 aliphatic heterocycles. The van der Waals surface area contributed by atoms with Gasteiger partial charge in [0.1, 0.15) is 6.33 Å². The zero-order valence-electron chi connectivity index (χ0n) is 13.3. The molecule has 5 nitrogen and oxygen atoms in total. The second-order valence-corrected chi connectivity index (χ2v) is 6.62. The summed E-state index contributed by atoms with van der Waals surface area (Å²) in [4.78, 5) is 4.22. The molecule has 0 atom stereocenters. The normalized spacial score (nSPS) is 10.5. The van der Waals surface area contributed by atoms with Crippen molar-refractivity contribution in [1.29, 1.82) is 0 Å². The van der Waals surface area contributed by atoms with Crippen molar-refractivity contribution in [3.8, 4) is 0 Å². The van der Waals surface area contributed by atoms with Crippen LogP contribution >= 0.6 is 35.4 Å². The van der Waals surface area contributed by atoms with E-state index in [0.29, 0.717) is 27.7 Å². The molecule has 8 heteroatoms. The Morgan fingerprint density at radius 3 is 2.68 bits per heavy atom. The summed E-state index contributed by atoms with van der Waals surface area (Å²) < 4.78 is 1.76. The van der Waals surface area contributed by atoms with Gasteiger partial charge < -0.3 is 5.32 Å². The van der Waals surface area contributed by atoms with Gasteiger partial charge in [-0.05, 0) is 48.5 Å². The lowest BCUT2D eigenvalue weighted by molar-refractivity contribution is 0.684. The van der Waals surface area contributed by atoms with Crippen LogP contribution in [-0.4, -0.2) is 19.9 Å². The van der Waals surface area contributed by atoms with Crippen LogP contribution in [0.2, 0.25) is 10.0 Å². The number of aromatic nitrogens is 3. The number of halogens is 2. The molecule has 0 unspecified atom stereocenters. The van der Waals surface area contributed by atoms with Crippen molar-refractivity contribution < 1.29 is 0 Å². The van der Waals surface area contributed by atoms with Gasteiger partial charge in [-0.25, -0.2) is 9.67 Å². The van der Waals surface area contributed by atoms with E-state index in [1.54, 1.807) is 29.2 Å². The van der Waals surface area contributed by atoms with Crippen molar-refractivity contribution in [3.63, 3.8) is 0 Å². The summed E-state index contributed by atoms with van der Waals surface area (Å²) in [6, 6.07) is 13.3. The molecule has 128 valence electrons. The first kappa shape index (κ1) is 17.7. The molecule has 0 bridgehead atoms. The average Bonchev–Trinajstić information content (AvgIpc) is 3.00. The van der Waals surface area contributed by atoms with Crippen molar-refractivity contribution >= 4 is 52.2 Å². The van der Waals surface area contributed by atoms with Crippen LogP contribution in [0.5, 0.6) is 0 Å². The average molecular weight is 392 g/mol. The number of hydrogen-bond donors (Lipinski definition) is 2. The molecule has 0 fully saturated rings. The zero-order chi connectivity index (χ0) is 17.8. The molecule has 0 aliphatic carbocycles. The Labute approximate surface area is 161 Å². The molecule has 0 radical (unpaired) electrons. The lowest BCUT2D eigenvalue weighted by Gasteiger charge is -2.08. The van der Waals surface area contributed by atoms with Crippen LogP contribution in [0.1, 0.15) is 11.1 Å². The lowest BCUT2D eigenvalue weighted by Crippen LogP contribution is -2.20. The van der Waals surface area contributed by atoms with Gasteiger partial charge in [0.2, 0.25) is 5.95 Å². The van der Waals surface area contributed by atoms with Gasteiger partial charge in [0, 0.05) is 5.69 Å². The number of aryl methyl sites for hydroxylation is 1. The van der Waals surface area contributed by atoms with Crippen molar-refractivity contribution in [2.24, 2.45) is 0 Å². The molecule has 0 saturated carbocycles. The summed E-state index contributed by atoms with van der Waals surface area (Å²) in [5.74, 6) is 0.422.